The summed E-state index contributed by atoms with van der Waals surface area (Å²) in [5.74, 6) is 0. The monoisotopic (exact) mass is 171 g/mol. The predicted octanol–water partition coefficient (Wildman–Crippen LogP) is -3.06. The zero-order valence-electron chi connectivity index (χ0n) is 6.62. The van der Waals surface area contributed by atoms with Crippen LogP contribution in [0.1, 0.15) is 19.3 Å². The van der Waals surface area contributed by atoms with E-state index in [9.17, 15) is 13.0 Å². The van der Waals surface area contributed by atoms with E-state index in [-0.39, 0.29) is 18.9 Å². The van der Waals surface area contributed by atoms with Gasteiger partial charge in [0.25, 0.3) is 0 Å². The molecule has 1 saturated heterocycles. The minimum Gasteiger partial charge on any atom is -0.735 e. The fourth-order valence-corrected chi connectivity index (χ4v) is 1.79. The van der Waals surface area contributed by atoms with Crippen LogP contribution in [0.25, 0.3) is 0 Å². The smallest absolute Gasteiger partial charge is 0.735 e. The Bertz CT molecular complexity index is 198. The molecular weight excluding hydrogens is 161 g/mol. The van der Waals surface area contributed by atoms with E-state index in [0.717, 1.165) is 23.6 Å². The molecule has 1 aliphatic heterocycles. The summed E-state index contributed by atoms with van der Waals surface area (Å²) in [7, 11) is -4.14. The molecule has 1 heterocycles. The summed E-state index contributed by atoms with van der Waals surface area (Å²) in [5.41, 5.74) is 0. The van der Waals surface area contributed by atoms with E-state index in [4.69, 9.17) is 0 Å². The van der Waals surface area contributed by atoms with Gasteiger partial charge in [-0.2, -0.15) is 0 Å². The summed E-state index contributed by atoms with van der Waals surface area (Å²) in [6, 6.07) is 0. The van der Waals surface area contributed by atoms with E-state index in [0.29, 0.717) is 13.1 Å². The van der Waals surface area contributed by atoms with Crippen molar-refractivity contribution in [2.24, 2.45) is 0 Å². The van der Waals surface area contributed by atoms with Crippen molar-refractivity contribution in [3.05, 3.63) is 0 Å². The Morgan fingerprint density at radius 3 is 1.82 bits per heavy atom. The van der Waals surface area contributed by atoms with E-state index in [1.54, 1.807) is 0 Å². The van der Waals surface area contributed by atoms with E-state index in [1.165, 1.54) is 0 Å². The molecule has 0 bridgehead atoms. The molecule has 1 fully saturated rings. The van der Waals surface area contributed by atoms with Crippen molar-refractivity contribution >= 4 is 10.3 Å². The van der Waals surface area contributed by atoms with Crippen LogP contribution in [0.4, 0.5) is 0 Å². The number of piperidine rings is 1. The van der Waals surface area contributed by atoms with Crippen LogP contribution in [-0.4, -0.2) is 30.4 Å². The van der Waals surface area contributed by atoms with Crippen LogP contribution in [0.15, 0.2) is 0 Å². The Hall–Kier alpha value is 0.467. The van der Waals surface area contributed by atoms with Crippen molar-refractivity contribution in [1.82, 2.24) is 4.31 Å². The van der Waals surface area contributed by atoms with Crippen LogP contribution in [0.5, 0.6) is 0 Å². The second kappa shape index (κ2) is 4.48. The zero-order chi connectivity index (χ0) is 7.61. The van der Waals surface area contributed by atoms with Gasteiger partial charge in [0.2, 0.25) is 0 Å². The van der Waals surface area contributed by atoms with Gasteiger partial charge in [-0.15, -0.1) is 0 Å². The third-order valence-electron chi connectivity index (χ3n) is 1.63. The first-order valence-electron chi connectivity index (χ1n) is 3.32. The standard InChI is InChI=1S/C5H11NO3S.Li/c7-10(8,9)6-4-2-1-3-5-6;/h1-5H2,(H,7,8,9);/q;+1/p-1. The zero-order valence-corrected chi connectivity index (χ0v) is 7.43. The van der Waals surface area contributed by atoms with Gasteiger partial charge >= 0.3 is 18.9 Å². The summed E-state index contributed by atoms with van der Waals surface area (Å²) >= 11 is 0. The molecule has 0 N–H and O–H groups in total. The van der Waals surface area contributed by atoms with Crippen molar-refractivity contribution in [3.63, 3.8) is 0 Å². The Labute approximate surface area is 79.0 Å². The summed E-state index contributed by atoms with van der Waals surface area (Å²) in [6.07, 6.45) is 2.68. The predicted molar refractivity (Wildman–Crippen MR) is 35.1 cm³/mol. The maximum absolute atomic E-state index is 10.4. The van der Waals surface area contributed by atoms with Gasteiger partial charge in [0, 0.05) is 13.1 Å². The fourth-order valence-electron chi connectivity index (χ4n) is 1.09. The van der Waals surface area contributed by atoms with E-state index in [1.807, 2.05) is 0 Å². The van der Waals surface area contributed by atoms with E-state index in [2.05, 4.69) is 0 Å². The third-order valence-corrected chi connectivity index (χ3v) is 2.63. The van der Waals surface area contributed by atoms with Gasteiger partial charge in [-0.25, -0.2) is 12.7 Å². The van der Waals surface area contributed by atoms with Crippen LogP contribution in [-0.2, 0) is 10.3 Å². The quantitative estimate of drug-likeness (QED) is 0.311. The van der Waals surface area contributed by atoms with Gasteiger partial charge in [0.15, 0.2) is 10.3 Å². The molecule has 4 nitrogen and oxygen atoms in total. The van der Waals surface area contributed by atoms with Gasteiger partial charge in [-0.05, 0) is 12.8 Å². The molecule has 1 aliphatic rings. The molecule has 0 atom stereocenters. The number of hydrogen-bond donors (Lipinski definition) is 0. The fraction of sp³-hybridized carbons (Fsp3) is 1.00. The molecule has 0 aromatic carbocycles. The summed E-state index contributed by atoms with van der Waals surface area (Å²) in [5, 5.41) is 0. The van der Waals surface area contributed by atoms with E-state index < -0.39 is 10.3 Å². The maximum Gasteiger partial charge on any atom is 1.00 e. The van der Waals surface area contributed by atoms with Crippen molar-refractivity contribution in [2.75, 3.05) is 13.1 Å². The Morgan fingerprint density at radius 2 is 1.55 bits per heavy atom. The first-order chi connectivity index (χ1) is 4.61. The van der Waals surface area contributed by atoms with Gasteiger partial charge in [0.05, 0.1) is 0 Å². The first-order valence-corrected chi connectivity index (χ1v) is 4.68. The molecule has 0 aromatic rings. The van der Waals surface area contributed by atoms with Crippen molar-refractivity contribution in [2.45, 2.75) is 19.3 Å². The second-order valence-electron chi connectivity index (χ2n) is 2.42. The van der Waals surface area contributed by atoms with Crippen molar-refractivity contribution < 1.29 is 31.8 Å². The van der Waals surface area contributed by atoms with Crippen LogP contribution < -0.4 is 18.9 Å². The Kier molecular flexibility index (Phi) is 4.67. The van der Waals surface area contributed by atoms with E-state index >= 15 is 0 Å². The maximum atomic E-state index is 10.4. The normalized spacial score (nSPS) is 20.8. The number of nitrogens with zero attached hydrogens (tertiary/aromatic N) is 1. The molecule has 0 radical (unpaired) electrons. The summed E-state index contributed by atoms with van der Waals surface area (Å²) < 4.78 is 32.1. The molecule has 6 heteroatoms. The van der Waals surface area contributed by atoms with Crippen molar-refractivity contribution in [3.8, 4) is 0 Å². The van der Waals surface area contributed by atoms with Crippen LogP contribution >= 0.6 is 0 Å². The molecule has 11 heavy (non-hydrogen) atoms. The minimum atomic E-state index is -4.14. The van der Waals surface area contributed by atoms with Crippen LogP contribution in [0.3, 0.4) is 0 Å². The average Bonchev–Trinajstić information content (AvgIpc) is 1.88. The minimum absolute atomic E-state index is 0. The Morgan fingerprint density at radius 1 is 1.09 bits per heavy atom. The summed E-state index contributed by atoms with van der Waals surface area (Å²) in [4.78, 5) is 0. The largest absolute Gasteiger partial charge is 1.00 e. The number of hydrogen-bond acceptors (Lipinski definition) is 3. The molecule has 0 amide bonds. The van der Waals surface area contributed by atoms with Gasteiger partial charge in [-0.3, -0.25) is 0 Å². The topological polar surface area (TPSA) is 60.4 Å². The molecule has 0 aromatic heterocycles. The second-order valence-corrected chi connectivity index (χ2v) is 3.79. The number of rotatable bonds is 1. The molecule has 1 rings (SSSR count). The van der Waals surface area contributed by atoms with Gasteiger partial charge in [-0.1, -0.05) is 6.42 Å². The molecule has 0 aliphatic carbocycles. The first kappa shape index (κ1) is 11.5. The molecule has 0 saturated carbocycles. The molecule has 0 spiro atoms. The molecular formula is C5H10LiNO3S. The third kappa shape index (κ3) is 3.59. The van der Waals surface area contributed by atoms with Gasteiger partial charge in [0.1, 0.15) is 0 Å². The SMILES string of the molecule is O=S(=O)([O-])N1CCCCC1.[Li+]. The molecule has 60 valence electrons. The average molecular weight is 171 g/mol. The summed E-state index contributed by atoms with van der Waals surface area (Å²) in [6.45, 7) is 0.817. The van der Waals surface area contributed by atoms with Crippen LogP contribution in [0, 0.1) is 0 Å². The molecule has 0 unspecified atom stereocenters. The van der Waals surface area contributed by atoms with Crippen molar-refractivity contribution in [1.29, 1.82) is 0 Å². The van der Waals surface area contributed by atoms with Gasteiger partial charge < -0.3 is 4.55 Å². The Balaban J connectivity index is 0.000001000. The van der Waals surface area contributed by atoms with Crippen LogP contribution in [0.2, 0.25) is 0 Å².